The smallest absolute Gasteiger partial charge is 0.463 e. The number of alkyl halides is 3. The zero-order valence-electron chi connectivity index (χ0n) is 13.0. The zero-order valence-corrected chi connectivity index (χ0v) is 14.6. The fourth-order valence-corrected chi connectivity index (χ4v) is 2.83. The fourth-order valence-electron chi connectivity index (χ4n) is 2.62. The lowest BCUT2D eigenvalue weighted by Crippen LogP contribution is -2.37. The van der Waals surface area contributed by atoms with Crippen LogP contribution in [0.3, 0.4) is 0 Å². The summed E-state index contributed by atoms with van der Waals surface area (Å²) in [5.41, 5.74) is 0. The summed E-state index contributed by atoms with van der Waals surface area (Å²) >= 11 is 3.25. The van der Waals surface area contributed by atoms with Gasteiger partial charge in [-0.15, -0.1) is 10.2 Å². The van der Waals surface area contributed by atoms with Crippen LogP contribution in [0.4, 0.5) is 13.2 Å². The highest BCUT2D eigenvalue weighted by Crippen LogP contribution is 2.28. The second-order valence-corrected chi connectivity index (χ2v) is 6.65. The van der Waals surface area contributed by atoms with Crippen LogP contribution >= 0.6 is 15.9 Å². The predicted octanol–water partition coefficient (Wildman–Crippen LogP) is 2.93. The normalized spacial score (nSPS) is 19.1. The Morgan fingerprint density at radius 2 is 2.04 bits per heavy atom. The van der Waals surface area contributed by atoms with Gasteiger partial charge in [0.2, 0.25) is 5.89 Å². The first-order valence-electron chi connectivity index (χ1n) is 7.62. The van der Waals surface area contributed by atoms with E-state index in [4.69, 9.17) is 4.74 Å². The Hall–Kier alpha value is -1.75. The molecule has 0 bridgehead atoms. The monoisotopic (exact) mass is 421 g/mol. The molecule has 25 heavy (non-hydrogen) atoms. The Morgan fingerprint density at radius 3 is 2.72 bits per heavy atom. The van der Waals surface area contributed by atoms with Gasteiger partial charge in [0, 0.05) is 24.9 Å². The van der Waals surface area contributed by atoms with Crippen molar-refractivity contribution < 1.29 is 22.3 Å². The molecule has 11 heteroatoms. The van der Waals surface area contributed by atoms with Crippen LogP contribution in [0.2, 0.25) is 0 Å². The van der Waals surface area contributed by atoms with Crippen LogP contribution in [-0.2, 0) is 12.7 Å². The topological polar surface area (TPSA) is 77.2 Å². The van der Waals surface area contributed by atoms with Crippen LogP contribution in [0.5, 0.6) is 6.01 Å². The maximum atomic E-state index is 12.5. The van der Waals surface area contributed by atoms with E-state index < -0.39 is 12.1 Å². The van der Waals surface area contributed by atoms with Gasteiger partial charge in [0.25, 0.3) is 0 Å². The number of nitrogens with zero attached hydrogens (tertiary/aromatic N) is 5. The summed E-state index contributed by atoms with van der Waals surface area (Å²) in [4.78, 5) is 10.1. The van der Waals surface area contributed by atoms with Crippen LogP contribution in [0.1, 0.15) is 24.6 Å². The van der Waals surface area contributed by atoms with E-state index in [0.717, 1.165) is 23.9 Å². The lowest BCUT2D eigenvalue weighted by molar-refractivity contribution is -0.157. The summed E-state index contributed by atoms with van der Waals surface area (Å²) in [5, 5.41) is 6.51. The summed E-state index contributed by atoms with van der Waals surface area (Å²) in [6.45, 7) is 2.05. The number of hydrogen-bond donors (Lipinski definition) is 0. The Labute approximate surface area is 149 Å². The molecule has 1 fully saturated rings. The molecule has 136 valence electrons. The SMILES string of the molecule is FC(F)(F)c1nnc(CN2CCCC(COc3ncc(Br)cn3)C2)o1. The number of ether oxygens (including phenoxy) is 1. The van der Waals surface area contributed by atoms with Crippen LogP contribution in [0.15, 0.2) is 21.3 Å². The summed E-state index contributed by atoms with van der Waals surface area (Å²) in [7, 11) is 0. The third-order valence-corrected chi connectivity index (χ3v) is 4.13. The largest absolute Gasteiger partial charge is 0.470 e. The maximum absolute atomic E-state index is 12.5. The summed E-state index contributed by atoms with van der Waals surface area (Å²) in [6, 6.07) is 0.298. The Morgan fingerprint density at radius 1 is 1.28 bits per heavy atom. The molecule has 3 heterocycles. The van der Waals surface area contributed by atoms with Gasteiger partial charge in [0.1, 0.15) is 0 Å². The average Bonchev–Trinajstić information content (AvgIpc) is 3.04. The van der Waals surface area contributed by atoms with Gasteiger partial charge in [-0.25, -0.2) is 9.97 Å². The van der Waals surface area contributed by atoms with Crippen LogP contribution in [-0.4, -0.2) is 44.8 Å². The molecule has 2 aromatic heterocycles. The van der Waals surface area contributed by atoms with E-state index in [2.05, 4.69) is 40.5 Å². The van der Waals surface area contributed by atoms with Crippen molar-refractivity contribution in [3.8, 4) is 6.01 Å². The minimum absolute atomic E-state index is 0.0369. The molecular weight excluding hydrogens is 407 g/mol. The maximum Gasteiger partial charge on any atom is 0.470 e. The van der Waals surface area contributed by atoms with E-state index in [-0.39, 0.29) is 18.4 Å². The molecule has 7 nitrogen and oxygen atoms in total. The molecule has 0 aromatic carbocycles. The highest BCUT2D eigenvalue weighted by atomic mass is 79.9. The Kier molecular flexibility index (Phi) is 5.52. The van der Waals surface area contributed by atoms with Gasteiger partial charge in [-0.1, -0.05) is 0 Å². The van der Waals surface area contributed by atoms with E-state index in [1.807, 2.05) is 4.90 Å². The lowest BCUT2D eigenvalue weighted by atomic mass is 9.99. The lowest BCUT2D eigenvalue weighted by Gasteiger charge is -2.31. The van der Waals surface area contributed by atoms with Crippen molar-refractivity contribution >= 4 is 15.9 Å². The number of piperidine rings is 1. The van der Waals surface area contributed by atoms with Gasteiger partial charge >= 0.3 is 18.1 Å². The molecule has 0 amide bonds. The first kappa shape index (κ1) is 18.1. The van der Waals surface area contributed by atoms with Crippen molar-refractivity contribution in [2.24, 2.45) is 5.92 Å². The van der Waals surface area contributed by atoms with E-state index in [9.17, 15) is 13.2 Å². The van der Waals surface area contributed by atoms with Crippen LogP contribution in [0.25, 0.3) is 0 Å². The number of aromatic nitrogens is 4. The molecule has 0 saturated carbocycles. The van der Waals surface area contributed by atoms with Crippen molar-refractivity contribution in [3.05, 3.63) is 28.6 Å². The van der Waals surface area contributed by atoms with Gasteiger partial charge in [-0.05, 0) is 35.3 Å². The van der Waals surface area contributed by atoms with Crippen LogP contribution < -0.4 is 4.74 Å². The number of hydrogen-bond acceptors (Lipinski definition) is 7. The van der Waals surface area contributed by atoms with E-state index in [1.54, 1.807) is 12.4 Å². The fraction of sp³-hybridized carbons (Fsp3) is 0.571. The summed E-state index contributed by atoms with van der Waals surface area (Å²) in [6.07, 6.45) is 0.459. The van der Waals surface area contributed by atoms with Crippen molar-refractivity contribution in [3.63, 3.8) is 0 Å². The molecule has 0 N–H and O–H groups in total. The molecule has 2 aromatic rings. The highest BCUT2D eigenvalue weighted by molar-refractivity contribution is 9.10. The van der Waals surface area contributed by atoms with Gasteiger partial charge in [-0.2, -0.15) is 13.2 Å². The average molecular weight is 422 g/mol. The Bertz CT molecular complexity index is 695. The van der Waals surface area contributed by atoms with E-state index in [1.165, 1.54) is 0 Å². The third-order valence-electron chi connectivity index (χ3n) is 3.72. The predicted molar refractivity (Wildman–Crippen MR) is 82.5 cm³/mol. The van der Waals surface area contributed by atoms with Crippen molar-refractivity contribution in [1.29, 1.82) is 0 Å². The molecule has 3 rings (SSSR count). The third kappa shape index (κ3) is 5.11. The van der Waals surface area contributed by atoms with Gasteiger partial charge in [0.15, 0.2) is 0 Å². The van der Waals surface area contributed by atoms with E-state index in [0.29, 0.717) is 19.2 Å². The molecule has 1 aliphatic rings. The molecule has 1 saturated heterocycles. The molecule has 1 aliphatic heterocycles. The zero-order chi connectivity index (χ0) is 17.9. The molecule has 1 atom stereocenters. The second kappa shape index (κ2) is 7.65. The molecule has 0 aliphatic carbocycles. The number of rotatable bonds is 5. The summed E-state index contributed by atoms with van der Waals surface area (Å²) in [5.74, 6) is -1.12. The first-order valence-corrected chi connectivity index (χ1v) is 8.42. The van der Waals surface area contributed by atoms with Crippen molar-refractivity contribution in [2.45, 2.75) is 25.6 Å². The quantitative estimate of drug-likeness (QED) is 0.734. The number of halogens is 4. The van der Waals surface area contributed by atoms with Crippen LogP contribution in [0, 0.1) is 5.92 Å². The summed E-state index contributed by atoms with van der Waals surface area (Å²) < 4.78 is 48.5. The minimum atomic E-state index is -4.62. The van der Waals surface area contributed by atoms with E-state index >= 15 is 0 Å². The Balaban J connectivity index is 1.50. The first-order chi connectivity index (χ1) is 11.9. The minimum Gasteiger partial charge on any atom is -0.463 e. The van der Waals surface area contributed by atoms with Gasteiger partial charge < -0.3 is 9.15 Å². The molecular formula is C14H15BrF3N5O2. The number of likely N-dealkylation sites (tertiary alicyclic amines) is 1. The molecule has 0 radical (unpaired) electrons. The second-order valence-electron chi connectivity index (χ2n) is 5.74. The standard InChI is InChI=1S/C14H15BrF3N5O2/c15-10-4-19-13(20-5-10)24-8-9-2-1-3-23(6-9)7-11-21-22-12(25-11)14(16,17)18/h4-5,9H,1-3,6-8H2. The molecule has 1 unspecified atom stereocenters. The highest BCUT2D eigenvalue weighted by Gasteiger charge is 2.38. The van der Waals surface area contributed by atoms with Crippen molar-refractivity contribution in [1.82, 2.24) is 25.1 Å². The van der Waals surface area contributed by atoms with Crippen molar-refractivity contribution in [2.75, 3.05) is 19.7 Å². The molecule has 0 spiro atoms. The van der Waals surface area contributed by atoms with Gasteiger partial charge in [-0.3, -0.25) is 4.90 Å². The van der Waals surface area contributed by atoms with Gasteiger partial charge in [0.05, 0.1) is 17.6 Å².